The molecule has 7 heteroatoms. The van der Waals surface area contributed by atoms with Crippen LogP contribution in [0.2, 0.25) is 0 Å². The molecule has 0 fully saturated rings. The summed E-state index contributed by atoms with van der Waals surface area (Å²) in [5, 5.41) is 0. The van der Waals surface area contributed by atoms with Gasteiger partial charge in [0.05, 0.1) is 4.90 Å². The van der Waals surface area contributed by atoms with E-state index >= 15 is 0 Å². The molecule has 1 amide bonds. The van der Waals surface area contributed by atoms with E-state index in [-0.39, 0.29) is 22.1 Å². The Morgan fingerprint density at radius 3 is 2.25 bits per heavy atom. The van der Waals surface area contributed by atoms with E-state index in [0.717, 1.165) is 0 Å². The number of hydrogen-bond acceptors (Lipinski definition) is 4. The van der Waals surface area contributed by atoms with Crippen molar-refractivity contribution in [2.45, 2.75) is 32.6 Å². The lowest BCUT2D eigenvalue weighted by molar-refractivity contribution is 0.0740. The summed E-state index contributed by atoms with van der Waals surface area (Å²) in [5.41, 5.74) is 5.98. The summed E-state index contributed by atoms with van der Waals surface area (Å²) < 4.78 is 26.9. The summed E-state index contributed by atoms with van der Waals surface area (Å²) in [4.78, 5) is 14.2. The fraction of sp³-hybridized carbons (Fsp3) is 0.588. The number of nitrogens with two attached hydrogens (primary N) is 1. The van der Waals surface area contributed by atoms with Crippen LogP contribution in [0.5, 0.6) is 0 Å². The average molecular weight is 356 g/mol. The molecule has 0 saturated carbocycles. The normalized spacial score (nSPS) is 12.5. The minimum absolute atomic E-state index is 0.157. The molecule has 1 aromatic rings. The quantitative estimate of drug-likeness (QED) is 0.742. The summed E-state index contributed by atoms with van der Waals surface area (Å²) in [7, 11) is -1.83. The summed E-state index contributed by atoms with van der Waals surface area (Å²) in [6, 6.07) is 5.99. The molecule has 24 heavy (non-hydrogen) atoms. The summed E-state index contributed by atoms with van der Waals surface area (Å²) >= 11 is 0. The van der Waals surface area contributed by atoms with Crippen LogP contribution < -0.4 is 10.5 Å². The lowest BCUT2D eigenvalue weighted by Gasteiger charge is -2.29. The minimum atomic E-state index is -3.54. The Kier molecular flexibility index (Phi) is 6.95. The SMILES string of the molecule is CC(C)CNS(=O)(=O)c1ccc(C(=O)N(C)CC(C)(C)CN)cc1. The van der Waals surface area contributed by atoms with Gasteiger partial charge >= 0.3 is 0 Å². The predicted molar refractivity (Wildman–Crippen MR) is 96.3 cm³/mol. The third-order valence-corrected chi connectivity index (χ3v) is 5.10. The maximum Gasteiger partial charge on any atom is 0.253 e. The molecule has 0 aliphatic heterocycles. The molecule has 0 aromatic heterocycles. The molecule has 0 saturated heterocycles. The molecule has 0 aliphatic rings. The van der Waals surface area contributed by atoms with Crippen LogP contribution in [-0.4, -0.2) is 45.9 Å². The second-order valence-electron chi connectivity index (χ2n) is 7.30. The molecule has 1 rings (SSSR count). The van der Waals surface area contributed by atoms with Gasteiger partial charge in [0.1, 0.15) is 0 Å². The molecule has 0 bridgehead atoms. The minimum Gasteiger partial charge on any atom is -0.341 e. The number of hydrogen-bond donors (Lipinski definition) is 2. The van der Waals surface area contributed by atoms with Gasteiger partial charge in [0, 0.05) is 25.7 Å². The van der Waals surface area contributed by atoms with E-state index in [9.17, 15) is 13.2 Å². The van der Waals surface area contributed by atoms with Crippen LogP contribution in [-0.2, 0) is 10.0 Å². The number of carbonyl (C=O) groups excluding carboxylic acids is 1. The van der Waals surface area contributed by atoms with Crippen LogP contribution in [0, 0.1) is 11.3 Å². The molecule has 0 atom stereocenters. The van der Waals surface area contributed by atoms with Crippen molar-refractivity contribution in [2.75, 3.05) is 26.7 Å². The fourth-order valence-corrected chi connectivity index (χ4v) is 3.35. The molecule has 0 aliphatic carbocycles. The molecule has 0 radical (unpaired) electrons. The van der Waals surface area contributed by atoms with Crippen molar-refractivity contribution in [3.63, 3.8) is 0 Å². The lowest BCUT2D eigenvalue weighted by atomic mass is 9.93. The molecular weight excluding hydrogens is 326 g/mol. The Morgan fingerprint density at radius 2 is 1.79 bits per heavy atom. The molecule has 6 nitrogen and oxygen atoms in total. The largest absolute Gasteiger partial charge is 0.341 e. The van der Waals surface area contributed by atoms with Crippen LogP contribution >= 0.6 is 0 Å². The van der Waals surface area contributed by atoms with Gasteiger partial charge < -0.3 is 10.6 Å². The Balaban J connectivity index is 2.85. The molecule has 3 N–H and O–H groups in total. The van der Waals surface area contributed by atoms with Crippen molar-refractivity contribution >= 4 is 15.9 Å². The zero-order chi connectivity index (χ0) is 18.5. The van der Waals surface area contributed by atoms with Gasteiger partial charge in [-0.25, -0.2) is 13.1 Å². The van der Waals surface area contributed by atoms with E-state index in [1.54, 1.807) is 11.9 Å². The first-order valence-corrected chi connectivity index (χ1v) is 9.52. The number of amides is 1. The van der Waals surface area contributed by atoms with Crippen LogP contribution in [0.3, 0.4) is 0 Å². The highest BCUT2D eigenvalue weighted by atomic mass is 32.2. The average Bonchev–Trinajstić information content (AvgIpc) is 2.52. The monoisotopic (exact) mass is 355 g/mol. The number of sulfonamides is 1. The van der Waals surface area contributed by atoms with E-state index in [1.165, 1.54) is 24.3 Å². The maximum absolute atomic E-state index is 12.4. The second kappa shape index (κ2) is 8.09. The lowest BCUT2D eigenvalue weighted by Crippen LogP contribution is -2.39. The predicted octanol–water partition coefficient (Wildman–Crippen LogP) is 1.68. The Hall–Kier alpha value is -1.44. The summed E-state index contributed by atoms with van der Waals surface area (Å²) in [6.07, 6.45) is 0. The summed E-state index contributed by atoms with van der Waals surface area (Å²) in [6.45, 7) is 9.23. The topological polar surface area (TPSA) is 92.5 Å². The first-order valence-electron chi connectivity index (χ1n) is 8.04. The van der Waals surface area contributed by atoms with E-state index in [2.05, 4.69) is 4.72 Å². The molecule has 1 aromatic carbocycles. The van der Waals surface area contributed by atoms with Gasteiger partial charge in [0.15, 0.2) is 0 Å². The van der Waals surface area contributed by atoms with Crippen molar-refractivity contribution < 1.29 is 13.2 Å². The van der Waals surface area contributed by atoms with Gasteiger partial charge in [-0.3, -0.25) is 4.79 Å². The first-order chi connectivity index (χ1) is 11.0. The molecule has 136 valence electrons. The Labute approximate surface area is 145 Å². The van der Waals surface area contributed by atoms with Gasteiger partial charge in [0.2, 0.25) is 10.0 Å². The highest BCUT2D eigenvalue weighted by Gasteiger charge is 2.22. The van der Waals surface area contributed by atoms with Crippen molar-refractivity contribution in [3.05, 3.63) is 29.8 Å². The smallest absolute Gasteiger partial charge is 0.253 e. The number of nitrogens with one attached hydrogen (secondary N) is 1. The highest BCUT2D eigenvalue weighted by molar-refractivity contribution is 7.89. The van der Waals surface area contributed by atoms with Gasteiger partial charge in [-0.2, -0.15) is 0 Å². The van der Waals surface area contributed by atoms with E-state index in [1.807, 2.05) is 27.7 Å². The van der Waals surface area contributed by atoms with Gasteiger partial charge in [-0.1, -0.05) is 27.7 Å². The van der Waals surface area contributed by atoms with E-state index < -0.39 is 10.0 Å². The van der Waals surface area contributed by atoms with Gasteiger partial charge in [0.25, 0.3) is 5.91 Å². The third kappa shape index (κ3) is 5.89. The van der Waals surface area contributed by atoms with Crippen molar-refractivity contribution in [3.8, 4) is 0 Å². The maximum atomic E-state index is 12.4. The van der Waals surface area contributed by atoms with Crippen LogP contribution in [0.15, 0.2) is 29.2 Å². The van der Waals surface area contributed by atoms with Crippen LogP contribution in [0.4, 0.5) is 0 Å². The number of rotatable bonds is 8. The standard InChI is InChI=1S/C17H29N3O3S/c1-13(2)10-19-24(22,23)15-8-6-14(7-9-15)16(21)20(5)12-17(3,4)11-18/h6-9,13,19H,10-12,18H2,1-5H3. The number of carbonyl (C=O) groups is 1. The first kappa shape index (κ1) is 20.6. The van der Waals surface area contributed by atoms with Crippen molar-refractivity contribution in [1.82, 2.24) is 9.62 Å². The van der Waals surface area contributed by atoms with E-state index in [0.29, 0.717) is 25.2 Å². The Morgan fingerprint density at radius 1 is 1.25 bits per heavy atom. The van der Waals surface area contributed by atoms with Gasteiger partial charge in [-0.15, -0.1) is 0 Å². The molecule has 0 heterocycles. The highest BCUT2D eigenvalue weighted by Crippen LogP contribution is 2.17. The van der Waals surface area contributed by atoms with Crippen LogP contribution in [0.1, 0.15) is 38.1 Å². The van der Waals surface area contributed by atoms with Crippen LogP contribution in [0.25, 0.3) is 0 Å². The summed E-state index contributed by atoms with van der Waals surface area (Å²) in [5.74, 6) is 0.0655. The van der Waals surface area contributed by atoms with Crippen molar-refractivity contribution in [2.24, 2.45) is 17.1 Å². The van der Waals surface area contributed by atoms with Crippen molar-refractivity contribution in [1.29, 1.82) is 0 Å². The van der Waals surface area contributed by atoms with E-state index in [4.69, 9.17) is 5.73 Å². The number of benzene rings is 1. The second-order valence-corrected chi connectivity index (χ2v) is 9.07. The zero-order valence-corrected chi connectivity index (χ0v) is 16.0. The molecule has 0 spiro atoms. The molecular formula is C17H29N3O3S. The Bertz CT molecular complexity index is 652. The third-order valence-electron chi connectivity index (χ3n) is 3.66. The fourth-order valence-electron chi connectivity index (χ4n) is 2.14. The zero-order valence-electron chi connectivity index (χ0n) is 15.2. The van der Waals surface area contributed by atoms with Gasteiger partial charge in [-0.05, 0) is 42.1 Å². The molecule has 0 unspecified atom stereocenters. The number of nitrogens with zero attached hydrogens (tertiary/aromatic N) is 1.